The fraction of sp³-hybridized carbons (Fsp3) is 0.154. The molecule has 0 N–H and O–H groups in total. The van der Waals surface area contributed by atoms with Crippen molar-refractivity contribution in [2.75, 3.05) is 0 Å². The first-order chi connectivity index (χ1) is 8.59. The van der Waals surface area contributed by atoms with Crippen LogP contribution in [0.3, 0.4) is 0 Å². The number of benzene rings is 1. The topological polar surface area (TPSA) is 65.1 Å². The summed E-state index contributed by atoms with van der Waals surface area (Å²) < 4.78 is 1.71. The zero-order chi connectivity index (χ0) is 13.1. The highest BCUT2D eigenvalue weighted by molar-refractivity contribution is 5.92. The molecule has 92 valence electrons. The number of carbonyl (C=O) groups excluding carboxylic acids is 1. The van der Waals surface area contributed by atoms with Gasteiger partial charge in [-0.1, -0.05) is 18.2 Å². The van der Waals surface area contributed by atoms with E-state index >= 15 is 0 Å². The van der Waals surface area contributed by atoms with Gasteiger partial charge < -0.3 is 4.57 Å². The molecule has 0 aliphatic rings. The minimum atomic E-state index is -0.410. The van der Waals surface area contributed by atoms with Gasteiger partial charge in [0, 0.05) is 24.8 Å². The van der Waals surface area contributed by atoms with E-state index in [9.17, 15) is 14.9 Å². The van der Waals surface area contributed by atoms with Crippen molar-refractivity contribution in [3.8, 4) is 0 Å². The summed E-state index contributed by atoms with van der Waals surface area (Å²) in [7, 11) is 0. The second kappa shape index (κ2) is 4.83. The predicted molar refractivity (Wildman–Crippen MR) is 66.6 cm³/mol. The Morgan fingerprint density at radius 1 is 1.28 bits per heavy atom. The van der Waals surface area contributed by atoms with E-state index in [0.717, 1.165) is 0 Å². The Bertz CT molecular complexity index is 602. The van der Waals surface area contributed by atoms with Crippen LogP contribution >= 0.6 is 0 Å². The molecule has 0 spiro atoms. The molecule has 0 atom stereocenters. The van der Waals surface area contributed by atoms with Crippen LogP contribution in [0, 0.1) is 10.1 Å². The lowest BCUT2D eigenvalue weighted by molar-refractivity contribution is -0.385. The average Bonchev–Trinajstić information content (AvgIpc) is 2.77. The van der Waals surface area contributed by atoms with E-state index in [0.29, 0.717) is 17.8 Å². The number of nitro benzene ring substituents is 1. The van der Waals surface area contributed by atoms with Crippen molar-refractivity contribution in [1.82, 2.24) is 4.57 Å². The number of nitro groups is 1. The van der Waals surface area contributed by atoms with Gasteiger partial charge in [-0.05, 0) is 12.1 Å². The Balaban J connectivity index is 2.37. The maximum atomic E-state index is 11.4. The first-order valence-electron chi connectivity index (χ1n) is 5.48. The number of rotatable bonds is 4. The van der Waals surface area contributed by atoms with Crippen molar-refractivity contribution in [2.24, 2.45) is 0 Å². The largest absolute Gasteiger partial charge is 0.340 e. The standard InChI is InChI=1S/C13H12N2O3/c1-10(16)12-7-4-8-14(12)9-11-5-2-3-6-13(11)15(17)18/h2-8H,9H2,1H3. The van der Waals surface area contributed by atoms with Gasteiger partial charge in [-0.3, -0.25) is 14.9 Å². The Labute approximate surface area is 104 Å². The van der Waals surface area contributed by atoms with Crippen molar-refractivity contribution in [3.05, 3.63) is 64.0 Å². The summed E-state index contributed by atoms with van der Waals surface area (Å²) in [5, 5.41) is 10.9. The highest BCUT2D eigenvalue weighted by atomic mass is 16.6. The van der Waals surface area contributed by atoms with Gasteiger partial charge in [0.05, 0.1) is 17.2 Å². The van der Waals surface area contributed by atoms with E-state index in [1.54, 1.807) is 41.1 Å². The maximum absolute atomic E-state index is 11.4. The number of carbonyl (C=O) groups is 1. The van der Waals surface area contributed by atoms with Crippen LogP contribution in [0.5, 0.6) is 0 Å². The molecular weight excluding hydrogens is 232 g/mol. The highest BCUT2D eigenvalue weighted by Crippen LogP contribution is 2.19. The van der Waals surface area contributed by atoms with Crippen molar-refractivity contribution in [1.29, 1.82) is 0 Å². The smallest absolute Gasteiger partial charge is 0.274 e. The van der Waals surface area contributed by atoms with E-state index in [-0.39, 0.29) is 11.5 Å². The zero-order valence-corrected chi connectivity index (χ0v) is 9.87. The van der Waals surface area contributed by atoms with Crippen LogP contribution in [0.2, 0.25) is 0 Å². The Morgan fingerprint density at radius 3 is 2.67 bits per heavy atom. The molecular formula is C13H12N2O3. The lowest BCUT2D eigenvalue weighted by Crippen LogP contribution is -2.08. The maximum Gasteiger partial charge on any atom is 0.274 e. The van der Waals surface area contributed by atoms with Crippen molar-refractivity contribution >= 4 is 11.5 Å². The number of nitrogens with zero attached hydrogens (tertiary/aromatic N) is 2. The second-order valence-corrected chi connectivity index (χ2v) is 3.96. The predicted octanol–water partition coefficient (Wildman–Crippen LogP) is 2.65. The van der Waals surface area contributed by atoms with Crippen LogP contribution in [0.15, 0.2) is 42.6 Å². The zero-order valence-electron chi connectivity index (χ0n) is 9.87. The van der Waals surface area contributed by atoms with Crippen molar-refractivity contribution in [3.63, 3.8) is 0 Å². The molecule has 0 aliphatic carbocycles. The SMILES string of the molecule is CC(=O)c1cccn1Cc1ccccc1[N+](=O)[O-]. The molecule has 0 fully saturated rings. The van der Waals surface area contributed by atoms with Gasteiger partial charge in [0.1, 0.15) is 0 Å². The molecule has 0 radical (unpaired) electrons. The molecule has 1 aromatic carbocycles. The van der Waals surface area contributed by atoms with E-state index < -0.39 is 4.92 Å². The molecule has 1 heterocycles. The first-order valence-corrected chi connectivity index (χ1v) is 5.48. The molecule has 18 heavy (non-hydrogen) atoms. The Hall–Kier alpha value is -2.43. The van der Waals surface area contributed by atoms with E-state index in [1.807, 2.05) is 0 Å². The summed E-state index contributed by atoms with van der Waals surface area (Å²) in [5.41, 5.74) is 1.20. The van der Waals surface area contributed by atoms with Crippen LogP contribution in [0.25, 0.3) is 0 Å². The summed E-state index contributed by atoms with van der Waals surface area (Å²) >= 11 is 0. The third-order valence-corrected chi connectivity index (χ3v) is 2.72. The number of Topliss-reactive ketones (excluding diaryl/α,β-unsaturated/α-hetero) is 1. The lowest BCUT2D eigenvalue weighted by Gasteiger charge is -2.07. The Kier molecular flexibility index (Phi) is 3.23. The number of para-hydroxylation sites is 1. The van der Waals surface area contributed by atoms with Crippen LogP contribution in [-0.4, -0.2) is 15.3 Å². The quantitative estimate of drug-likeness (QED) is 0.471. The summed E-state index contributed by atoms with van der Waals surface area (Å²) in [6.45, 7) is 1.80. The minimum Gasteiger partial charge on any atom is -0.340 e. The molecule has 1 aromatic heterocycles. The Morgan fingerprint density at radius 2 is 2.00 bits per heavy atom. The minimum absolute atomic E-state index is 0.0569. The number of hydrogen-bond donors (Lipinski definition) is 0. The summed E-state index contributed by atoms with van der Waals surface area (Å²) in [4.78, 5) is 21.9. The lowest BCUT2D eigenvalue weighted by atomic mass is 10.1. The molecule has 0 saturated carbocycles. The van der Waals surface area contributed by atoms with E-state index in [4.69, 9.17) is 0 Å². The average molecular weight is 244 g/mol. The summed E-state index contributed by atoms with van der Waals surface area (Å²) in [6, 6.07) is 10.00. The molecule has 0 bridgehead atoms. The molecule has 2 aromatic rings. The van der Waals surface area contributed by atoms with Crippen LogP contribution in [-0.2, 0) is 6.54 Å². The molecule has 0 aliphatic heterocycles. The number of aromatic nitrogens is 1. The molecule has 5 heteroatoms. The number of hydrogen-bond acceptors (Lipinski definition) is 3. The van der Waals surface area contributed by atoms with Crippen LogP contribution < -0.4 is 0 Å². The van der Waals surface area contributed by atoms with E-state index in [2.05, 4.69) is 0 Å². The van der Waals surface area contributed by atoms with Gasteiger partial charge in [-0.25, -0.2) is 0 Å². The summed E-state index contributed by atoms with van der Waals surface area (Å²) in [6.07, 6.45) is 1.74. The third kappa shape index (κ3) is 2.29. The van der Waals surface area contributed by atoms with Gasteiger partial charge in [-0.2, -0.15) is 0 Å². The van der Waals surface area contributed by atoms with Gasteiger partial charge in [0.2, 0.25) is 0 Å². The van der Waals surface area contributed by atoms with Crippen LogP contribution in [0.4, 0.5) is 5.69 Å². The summed E-state index contributed by atoms with van der Waals surface area (Å²) in [5.74, 6) is -0.0569. The van der Waals surface area contributed by atoms with Crippen LogP contribution in [0.1, 0.15) is 23.0 Å². The van der Waals surface area contributed by atoms with E-state index in [1.165, 1.54) is 13.0 Å². The van der Waals surface area contributed by atoms with Gasteiger partial charge >= 0.3 is 0 Å². The third-order valence-electron chi connectivity index (χ3n) is 2.72. The fourth-order valence-electron chi connectivity index (χ4n) is 1.88. The monoisotopic (exact) mass is 244 g/mol. The van der Waals surface area contributed by atoms with Gasteiger partial charge in [-0.15, -0.1) is 0 Å². The normalized spacial score (nSPS) is 10.3. The highest BCUT2D eigenvalue weighted by Gasteiger charge is 2.14. The van der Waals surface area contributed by atoms with Crippen molar-refractivity contribution < 1.29 is 9.72 Å². The second-order valence-electron chi connectivity index (χ2n) is 3.96. The molecule has 0 amide bonds. The molecule has 0 unspecified atom stereocenters. The van der Waals surface area contributed by atoms with Crippen molar-refractivity contribution in [2.45, 2.75) is 13.5 Å². The molecule has 2 rings (SSSR count). The first kappa shape index (κ1) is 12.0. The molecule has 5 nitrogen and oxygen atoms in total. The fourth-order valence-corrected chi connectivity index (χ4v) is 1.88. The molecule has 0 saturated heterocycles. The number of ketones is 1. The van der Waals surface area contributed by atoms with Gasteiger partial charge in [0.25, 0.3) is 5.69 Å². The van der Waals surface area contributed by atoms with Gasteiger partial charge in [0.15, 0.2) is 5.78 Å².